The minimum Gasteiger partial charge on any atom is -0.315 e. The van der Waals surface area contributed by atoms with Gasteiger partial charge in [0.25, 0.3) is 0 Å². The van der Waals surface area contributed by atoms with Gasteiger partial charge in [-0.3, -0.25) is 4.90 Å². The van der Waals surface area contributed by atoms with Gasteiger partial charge in [-0.2, -0.15) is 0 Å². The van der Waals surface area contributed by atoms with Crippen LogP contribution < -0.4 is 5.32 Å². The Kier molecular flexibility index (Phi) is 11.5. The molecule has 0 aliphatic rings. The number of hydrogen-bond acceptors (Lipinski definition) is 3. The lowest BCUT2D eigenvalue weighted by Crippen LogP contribution is -2.47. The van der Waals surface area contributed by atoms with E-state index in [2.05, 4.69) is 63.8 Å². The highest BCUT2D eigenvalue weighted by Crippen LogP contribution is 2.10. The molecule has 1 N–H and O–H groups in total. The Morgan fingerprint density at radius 1 is 0.900 bits per heavy atom. The zero-order chi connectivity index (χ0) is 15.5. The van der Waals surface area contributed by atoms with Gasteiger partial charge in [0.2, 0.25) is 0 Å². The molecule has 0 bridgehead atoms. The smallest absolute Gasteiger partial charge is 0.0221 e. The fraction of sp³-hybridized carbons (Fsp3) is 1.00. The van der Waals surface area contributed by atoms with E-state index in [-0.39, 0.29) is 0 Å². The average Bonchev–Trinajstić information content (AvgIpc) is 2.32. The Morgan fingerprint density at radius 2 is 1.55 bits per heavy atom. The number of rotatable bonds is 12. The van der Waals surface area contributed by atoms with Crippen molar-refractivity contribution in [3.05, 3.63) is 0 Å². The predicted octanol–water partition coefficient (Wildman–Crippen LogP) is 2.92. The molecule has 20 heavy (non-hydrogen) atoms. The highest BCUT2D eigenvalue weighted by atomic mass is 15.2. The Bertz CT molecular complexity index is 214. The van der Waals surface area contributed by atoms with Crippen molar-refractivity contribution in [3.8, 4) is 0 Å². The first-order chi connectivity index (χ1) is 9.36. The summed E-state index contributed by atoms with van der Waals surface area (Å²) in [7, 11) is 4.33. The molecule has 0 saturated carbocycles. The van der Waals surface area contributed by atoms with Gasteiger partial charge in [-0.1, -0.05) is 41.0 Å². The summed E-state index contributed by atoms with van der Waals surface area (Å²) < 4.78 is 0. The van der Waals surface area contributed by atoms with Crippen molar-refractivity contribution in [2.75, 3.05) is 46.8 Å². The van der Waals surface area contributed by atoms with E-state index in [4.69, 9.17) is 0 Å². The topological polar surface area (TPSA) is 18.5 Å². The Hall–Kier alpha value is -0.120. The lowest BCUT2D eigenvalue weighted by atomic mass is 10.1. The molecule has 0 aromatic rings. The molecule has 0 aromatic heterocycles. The molecule has 0 aliphatic heterocycles. The Balaban J connectivity index is 4.46. The van der Waals surface area contributed by atoms with Crippen LogP contribution in [0.25, 0.3) is 0 Å². The minimum absolute atomic E-state index is 0.682. The van der Waals surface area contributed by atoms with Crippen LogP contribution in [0.3, 0.4) is 0 Å². The van der Waals surface area contributed by atoms with E-state index in [9.17, 15) is 0 Å². The first-order valence-corrected chi connectivity index (χ1v) is 8.46. The molecule has 122 valence electrons. The van der Waals surface area contributed by atoms with Gasteiger partial charge in [-0.25, -0.2) is 0 Å². The predicted molar refractivity (Wildman–Crippen MR) is 91.4 cm³/mol. The van der Waals surface area contributed by atoms with Crippen LogP contribution in [0.15, 0.2) is 0 Å². The van der Waals surface area contributed by atoms with Gasteiger partial charge < -0.3 is 10.2 Å². The zero-order valence-corrected chi connectivity index (χ0v) is 15.1. The van der Waals surface area contributed by atoms with Crippen molar-refractivity contribution in [1.29, 1.82) is 0 Å². The Morgan fingerprint density at radius 3 is 2.00 bits per heavy atom. The normalized spacial score (nSPS) is 13.9. The van der Waals surface area contributed by atoms with Crippen LogP contribution in [-0.4, -0.2) is 62.7 Å². The summed E-state index contributed by atoms with van der Waals surface area (Å²) in [6.45, 7) is 17.3. The van der Waals surface area contributed by atoms with Crippen LogP contribution in [0.5, 0.6) is 0 Å². The van der Waals surface area contributed by atoms with Gasteiger partial charge in [0, 0.05) is 32.2 Å². The quantitative estimate of drug-likeness (QED) is 0.595. The molecule has 0 rings (SSSR count). The maximum atomic E-state index is 3.66. The second-order valence-electron chi connectivity index (χ2n) is 7.19. The Labute approximate surface area is 128 Å². The molecule has 3 nitrogen and oxygen atoms in total. The van der Waals surface area contributed by atoms with Crippen LogP contribution in [0, 0.1) is 11.8 Å². The zero-order valence-electron chi connectivity index (χ0n) is 15.1. The number of likely N-dealkylation sites (N-methyl/N-ethyl adjacent to an activating group) is 1. The van der Waals surface area contributed by atoms with Crippen molar-refractivity contribution in [2.45, 2.75) is 53.5 Å². The lowest BCUT2D eigenvalue weighted by molar-refractivity contribution is 0.148. The molecule has 0 amide bonds. The molecule has 3 heteroatoms. The molecule has 0 fully saturated rings. The molecule has 0 aliphatic carbocycles. The molecular formula is C17H39N3. The highest BCUT2D eigenvalue weighted by molar-refractivity contribution is 4.76. The van der Waals surface area contributed by atoms with Crippen molar-refractivity contribution in [2.24, 2.45) is 11.8 Å². The number of nitrogens with zero attached hydrogens (tertiary/aromatic N) is 2. The van der Waals surface area contributed by atoms with Crippen LogP contribution >= 0.6 is 0 Å². The first kappa shape index (κ1) is 19.9. The highest BCUT2D eigenvalue weighted by Gasteiger charge is 2.18. The third kappa shape index (κ3) is 10.6. The second-order valence-corrected chi connectivity index (χ2v) is 7.19. The third-order valence-corrected chi connectivity index (χ3v) is 3.50. The molecule has 0 saturated heterocycles. The summed E-state index contributed by atoms with van der Waals surface area (Å²) in [5, 5.41) is 3.66. The summed E-state index contributed by atoms with van der Waals surface area (Å²) in [6, 6.07) is 0.682. The fourth-order valence-corrected chi connectivity index (χ4v) is 2.51. The van der Waals surface area contributed by atoms with Crippen LogP contribution in [0.2, 0.25) is 0 Å². The third-order valence-electron chi connectivity index (χ3n) is 3.50. The summed E-state index contributed by atoms with van der Waals surface area (Å²) in [5.74, 6) is 1.47. The van der Waals surface area contributed by atoms with Crippen LogP contribution in [0.4, 0.5) is 0 Å². The maximum Gasteiger partial charge on any atom is 0.0221 e. The number of nitrogens with one attached hydrogen (secondary N) is 1. The minimum atomic E-state index is 0.682. The summed E-state index contributed by atoms with van der Waals surface area (Å²) >= 11 is 0. The van der Waals surface area contributed by atoms with Crippen molar-refractivity contribution in [3.63, 3.8) is 0 Å². The molecule has 0 radical (unpaired) electrons. The van der Waals surface area contributed by atoms with E-state index >= 15 is 0 Å². The summed E-state index contributed by atoms with van der Waals surface area (Å²) in [5.41, 5.74) is 0. The largest absolute Gasteiger partial charge is 0.315 e. The van der Waals surface area contributed by atoms with E-state index in [1.807, 2.05) is 0 Å². The SMILES string of the molecule is CCCC(CNCC(C)C)N(CCN(C)C)CC(C)C. The first-order valence-electron chi connectivity index (χ1n) is 8.46. The van der Waals surface area contributed by atoms with Crippen molar-refractivity contribution < 1.29 is 0 Å². The van der Waals surface area contributed by atoms with E-state index in [1.165, 1.54) is 25.9 Å². The van der Waals surface area contributed by atoms with E-state index < -0.39 is 0 Å². The van der Waals surface area contributed by atoms with E-state index in [0.717, 1.165) is 31.5 Å². The van der Waals surface area contributed by atoms with E-state index in [1.54, 1.807) is 0 Å². The summed E-state index contributed by atoms with van der Waals surface area (Å²) in [4.78, 5) is 4.99. The van der Waals surface area contributed by atoms with Gasteiger partial charge in [-0.15, -0.1) is 0 Å². The van der Waals surface area contributed by atoms with Gasteiger partial charge in [-0.05, 0) is 38.9 Å². The molecule has 0 spiro atoms. The van der Waals surface area contributed by atoms with Gasteiger partial charge in [0.1, 0.15) is 0 Å². The molecular weight excluding hydrogens is 246 g/mol. The van der Waals surface area contributed by atoms with Gasteiger partial charge in [0.15, 0.2) is 0 Å². The lowest BCUT2D eigenvalue weighted by Gasteiger charge is -2.34. The van der Waals surface area contributed by atoms with Crippen LogP contribution in [0.1, 0.15) is 47.5 Å². The van der Waals surface area contributed by atoms with Gasteiger partial charge >= 0.3 is 0 Å². The standard InChI is InChI=1S/C17H39N3/c1-8-9-17(13-18-12-15(2)3)20(14-16(4)5)11-10-19(6)7/h15-18H,8-14H2,1-7H3. The monoisotopic (exact) mass is 285 g/mol. The van der Waals surface area contributed by atoms with Crippen molar-refractivity contribution in [1.82, 2.24) is 15.1 Å². The average molecular weight is 286 g/mol. The summed E-state index contributed by atoms with van der Waals surface area (Å²) in [6.07, 6.45) is 2.57. The van der Waals surface area contributed by atoms with E-state index in [0.29, 0.717) is 6.04 Å². The fourth-order valence-electron chi connectivity index (χ4n) is 2.51. The molecule has 0 heterocycles. The maximum absolute atomic E-state index is 3.66. The molecule has 0 aromatic carbocycles. The molecule has 1 unspecified atom stereocenters. The number of hydrogen-bond donors (Lipinski definition) is 1. The van der Waals surface area contributed by atoms with Crippen LogP contribution in [-0.2, 0) is 0 Å². The molecule has 1 atom stereocenters. The van der Waals surface area contributed by atoms with Crippen molar-refractivity contribution >= 4 is 0 Å². The van der Waals surface area contributed by atoms with Gasteiger partial charge in [0.05, 0.1) is 0 Å². The second kappa shape index (κ2) is 11.5.